The number of halogens is 1. The number of ketones is 1. The van der Waals surface area contributed by atoms with Gasteiger partial charge in [0.2, 0.25) is 0 Å². The highest BCUT2D eigenvalue weighted by molar-refractivity contribution is 6.31. The smallest absolute Gasteiger partial charge is 0.269 e. The van der Waals surface area contributed by atoms with E-state index in [0.717, 1.165) is 11.1 Å². The highest BCUT2D eigenvalue weighted by Crippen LogP contribution is 2.20. The Labute approximate surface area is 121 Å². The lowest BCUT2D eigenvalue weighted by Crippen LogP contribution is -2.04. The van der Waals surface area contributed by atoms with E-state index in [4.69, 9.17) is 11.6 Å². The minimum Gasteiger partial charge on any atom is -0.294 e. The molecule has 0 aromatic heterocycles. The lowest BCUT2D eigenvalue weighted by Gasteiger charge is -2.05. The van der Waals surface area contributed by atoms with Crippen molar-refractivity contribution in [3.05, 3.63) is 74.3 Å². The van der Waals surface area contributed by atoms with Crippen LogP contribution in [0.4, 0.5) is 5.69 Å². The van der Waals surface area contributed by atoms with Gasteiger partial charge >= 0.3 is 0 Å². The Kier molecular flexibility index (Phi) is 4.15. The van der Waals surface area contributed by atoms with Crippen LogP contribution in [0.1, 0.15) is 21.5 Å². The van der Waals surface area contributed by atoms with Crippen molar-refractivity contribution in [2.75, 3.05) is 0 Å². The fourth-order valence-electron chi connectivity index (χ4n) is 1.84. The van der Waals surface area contributed by atoms with E-state index >= 15 is 0 Å². The van der Waals surface area contributed by atoms with Gasteiger partial charge < -0.3 is 0 Å². The molecule has 0 atom stereocenters. The van der Waals surface area contributed by atoms with E-state index in [1.165, 1.54) is 24.3 Å². The highest BCUT2D eigenvalue weighted by atomic mass is 35.5. The predicted octanol–water partition coefficient (Wildman–Crippen LogP) is 3.98. The molecule has 0 aliphatic rings. The normalized spacial score (nSPS) is 10.3. The van der Waals surface area contributed by atoms with E-state index < -0.39 is 4.92 Å². The monoisotopic (exact) mass is 289 g/mol. The number of nitrogens with zero attached hydrogens (tertiary/aromatic N) is 1. The fourth-order valence-corrected chi connectivity index (χ4v) is 2.14. The van der Waals surface area contributed by atoms with E-state index in [1.807, 2.05) is 19.1 Å². The minimum absolute atomic E-state index is 0.0325. The lowest BCUT2D eigenvalue weighted by molar-refractivity contribution is -0.384. The number of aryl methyl sites for hydroxylation is 1. The van der Waals surface area contributed by atoms with Crippen LogP contribution in [0, 0.1) is 17.0 Å². The van der Waals surface area contributed by atoms with E-state index in [2.05, 4.69) is 0 Å². The van der Waals surface area contributed by atoms with Crippen molar-refractivity contribution >= 4 is 23.1 Å². The highest BCUT2D eigenvalue weighted by Gasteiger charge is 2.12. The molecule has 0 spiro atoms. The first-order chi connectivity index (χ1) is 9.47. The topological polar surface area (TPSA) is 60.2 Å². The number of carbonyl (C=O) groups is 1. The zero-order chi connectivity index (χ0) is 14.7. The molecule has 0 aliphatic heterocycles. The second kappa shape index (κ2) is 5.84. The van der Waals surface area contributed by atoms with Crippen LogP contribution in [0.3, 0.4) is 0 Å². The number of Topliss-reactive ketones (excluding diaryl/α,β-unsaturated/α-hetero) is 1. The quantitative estimate of drug-likeness (QED) is 0.486. The molecule has 0 N–H and O–H groups in total. The first kappa shape index (κ1) is 14.2. The molecule has 20 heavy (non-hydrogen) atoms. The third-order valence-corrected chi connectivity index (χ3v) is 3.31. The third-order valence-electron chi connectivity index (χ3n) is 2.96. The zero-order valence-electron chi connectivity index (χ0n) is 10.8. The molecule has 2 aromatic rings. The maximum Gasteiger partial charge on any atom is 0.269 e. The van der Waals surface area contributed by atoms with Gasteiger partial charge in [0.1, 0.15) is 0 Å². The van der Waals surface area contributed by atoms with E-state index in [0.29, 0.717) is 10.6 Å². The number of hydrogen-bond donors (Lipinski definition) is 0. The molecule has 0 heterocycles. The van der Waals surface area contributed by atoms with Crippen molar-refractivity contribution in [1.29, 1.82) is 0 Å². The summed E-state index contributed by atoms with van der Waals surface area (Å²) in [5.41, 5.74) is 2.18. The average Bonchev–Trinajstić information content (AvgIpc) is 2.42. The molecule has 0 saturated carbocycles. The van der Waals surface area contributed by atoms with Crippen LogP contribution in [0.15, 0.2) is 42.5 Å². The van der Waals surface area contributed by atoms with Crippen LogP contribution >= 0.6 is 11.6 Å². The molecule has 0 bridgehead atoms. The van der Waals surface area contributed by atoms with Gasteiger partial charge in [-0.2, -0.15) is 0 Å². The summed E-state index contributed by atoms with van der Waals surface area (Å²) in [6.07, 6.45) is 0.178. The molecule has 0 fully saturated rings. The number of rotatable bonds is 4. The summed E-state index contributed by atoms with van der Waals surface area (Å²) < 4.78 is 0. The Balaban J connectivity index is 2.17. The molecule has 5 heteroatoms. The van der Waals surface area contributed by atoms with Crippen molar-refractivity contribution in [1.82, 2.24) is 0 Å². The van der Waals surface area contributed by atoms with Gasteiger partial charge in [-0.05, 0) is 36.2 Å². The lowest BCUT2D eigenvalue weighted by atomic mass is 10.0. The van der Waals surface area contributed by atoms with Gasteiger partial charge in [-0.3, -0.25) is 14.9 Å². The number of carbonyl (C=O) groups excluding carboxylic acids is 1. The van der Waals surface area contributed by atoms with E-state index in [-0.39, 0.29) is 17.9 Å². The van der Waals surface area contributed by atoms with Gasteiger partial charge in [-0.1, -0.05) is 23.7 Å². The molecule has 0 amide bonds. The van der Waals surface area contributed by atoms with Gasteiger partial charge in [0.05, 0.1) is 4.92 Å². The Morgan fingerprint density at radius 1 is 1.20 bits per heavy atom. The van der Waals surface area contributed by atoms with Gasteiger partial charge in [0, 0.05) is 29.1 Å². The largest absolute Gasteiger partial charge is 0.294 e. The Morgan fingerprint density at radius 3 is 2.40 bits per heavy atom. The number of non-ortho nitro benzene ring substituents is 1. The number of nitro groups is 1. The van der Waals surface area contributed by atoms with Crippen molar-refractivity contribution in [2.45, 2.75) is 13.3 Å². The van der Waals surface area contributed by atoms with Gasteiger partial charge in [-0.25, -0.2) is 0 Å². The van der Waals surface area contributed by atoms with Crippen LogP contribution in [-0.4, -0.2) is 10.7 Å². The minimum atomic E-state index is -0.495. The fraction of sp³-hybridized carbons (Fsp3) is 0.133. The van der Waals surface area contributed by atoms with Crippen molar-refractivity contribution in [3.8, 4) is 0 Å². The summed E-state index contributed by atoms with van der Waals surface area (Å²) in [4.78, 5) is 22.2. The average molecular weight is 290 g/mol. The van der Waals surface area contributed by atoms with Gasteiger partial charge in [0.25, 0.3) is 5.69 Å². The molecule has 102 valence electrons. The molecule has 0 unspecified atom stereocenters. The predicted molar refractivity (Wildman–Crippen MR) is 77.3 cm³/mol. The van der Waals surface area contributed by atoms with Crippen molar-refractivity contribution < 1.29 is 9.72 Å². The van der Waals surface area contributed by atoms with E-state index in [1.54, 1.807) is 6.07 Å². The summed E-state index contributed by atoms with van der Waals surface area (Å²) in [6, 6.07) is 11.1. The molecule has 4 nitrogen and oxygen atoms in total. The van der Waals surface area contributed by atoms with Gasteiger partial charge in [-0.15, -0.1) is 0 Å². The summed E-state index contributed by atoms with van der Waals surface area (Å²) >= 11 is 6.09. The molecule has 2 aromatic carbocycles. The first-order valence-electron chi connectivity index (χ1n) is 6.00. The van der Waals surface area contributed by atoms with Crippen molar-refractivity contribution in [3.63, 3.8) is 0 Å². The summed E-state index contributed by atoms with van der Waals surface area (Å²) in [5, 5.41) is 11.1. The zero-order valence-corrected chi connectivity index (χ0v) is 11.6. The molecule has 2 rings (SSSR count). The number of benzene rings is 2. The second-order valence-electron chi connectivity index (χ2n) is 4.50. The van der Waals surface area contributed by atoms with Crippen LogP contribution < -0.4 is 0 Å². The molecule has 0 aliphatic carbocycles. The summed E-state index contributed by atoms with van der Waals surface area (Å²) in [7, 11) is 0. The number of nitro benzene ring substituents is 1. The van der Waals surface area contributed by atoms with Crippen LogP contribution in [0.5, 0.6) is 0 Å². The van der Waals surface area contributed by atoms with E-state index in [9.17, 15) is 14.9 Å². The number of hydrogen-bond acceptors (Lipinski definition) is 3. The Hall–Kier alpha value is -2.20. The summed E-state index contributed by atoms with van der Waals surface area (Å²) in [6.45, 7) is 1.92. The maximum absolute atomic E-state index is 12.1. The molecular formula is C15H12ClNO3. The molecule has 0 radical (unpaired) electrons. The van der Waals surface area contributed by atoms with Crippen molar-refractivity contribution in [2.24, 2.45) is 0 Å². The van der Waals surface area contributed by atoms with Crippen LogP contribution in [0.2, 0.25) is 5.02 Å². The maximum atomic E-state index is 12.1. The van der Waals surface area contributed by atoms with Gasteiger partial charge in [0.15, 0.2) is 5.78 Å². The standard InChI is InChI=1S/C15H12ClNO3/c1-10-2-3-12(14(16)8-10)9-15(18)11-4-6-13(7-5-11)17(19)20/h2-8H,9H2,1H3. The Bertz CT molecular complexity index is 665. The third kappa shape index (κ3) is 3.22. The second-order valence-corrected chi connectivity index (χ2v) is 4.91. The molecular weight excluding hydrogens is 278 g/mol. The van der Waals surface area contributed by atoms with Crippen LogP contribution in [0.25, 0.3) is 0 Å². The summed E-state index contributed by atoms with van der Waals surface area (Å²) in [5.74, 6) is -0.120. The first-order valence-corrected chi connectivity index (χ1v) is 6.38. The Morgan fingerprint density at radius 2 is 1.85 bits per heavy atom. The SMILES string of the molecule is Cc1ccc(CC(=O)c2ccc([N+](=O)[O-])cc2)c(Cl)c1. The molecule has 0 saturated heterocycles. The van der Waals surface area contributed by atoms with Crippen LogP contribution in [-0.2, 0) is 6.42 Å².